The minimum Gasteiger partial charge on any atom is -0.304 e. The molecule has 0 spiro atoms. The van der Waals surface area contributed by atoms with Gasteiger partial charge >= 0.3 is 0 Å². The Balaban J connectivity index is 2.60. The van der Waals surface area contributed by atoms with E-state index in [0.29, 0.717) is 5.57 Å². The minimum absolute atomic E-state index is 0.137. The molecule has 2 N–H and O–H groups in total. The molecule has 0 bridgehead atoms. The Morgan fingerprint density at radius 2 is 2.06 bits per heavy atom. The number of nitrogens with one attached hydrogen (secondary N) is 2. The van der Waals surface area contributed by atoms with Crippen molar-refractivity contribution >= 4 is 11.8 Å². The molecule has 1 saturated heterocycles. The standard InChI is InChI=1S/C11H19N3O2/c1-7(2)10(15)13-11(16)9-8(14(3)4)5-6-12-9/h8-9,12H,1,5-6H2,2-4H3,(H,13,15,16). The molecule has 1 aliphatic heterocycles. The zero-order valence-corrected chi connectivity index (χ0v) is 10.0. The van der Waals surface area contributed by atoms with Crippen LogP contribution in [0, 0.1) is 0 Å². The zero-order valence-electron chi connectivity index (χ0n) is 10.0. The predicted molar refractivity (Wildman–Crippen MR) is 61.8 cm³/mol. The van der Waals surface area contributed by atoms with Gasteiger partial charge < -0.3 is 10.2 Å². The highest BCUT2D eigenvalue weighted by Gasteiger charge is 2.34. The number of hydrogen-bond acceptors (Lipinski definition) is 4. The van der Waals surface area contributed by atoms with E-state index in [-0.39, 0.29) is 18.0 Å². The summed E-state index contributed by atoms with van der Waals surface area (Å²) in [4.78, 5) is 25.1. The van der Waals surface area contributed by atoms with Crippen LogP contribution >= 0.6 is 0 Å². The van der Waals surface area contributed by atoms with Gasteiger partial charge in [0, 0.05) is 11.6 Å². The normalized spacial score (nSPS) is 24.5. The van der Waals surface area contributed by atoms with Crippen molar-refractivity contribution in [1.29, 1.82) is 0 Å². The Hall–Kier alpha value is -1.20. The molecule has 0 aromatic rings. The van der Waals surface area contributed by atoms with E-state index in [1.165, 1.54) is 0 Å². The van der Waals surface area contributed by atoms with Gasteiger partial charge in [0.2, 0.25) is 5.91 Å². The average molecular weight is 225 g/mol. The molecule has 0 aromatic carbocycles. The molecule has 2 unspecified atom stereocenters. The number of carbonyl (C=O) groups is 2. The monoisotopic (exact) mass is 225 g/mol. The van der Waals surface area contributed by atoms with Crippen LogP contribution in [0.3, 0.4) is 0 Å². The number of amides is 2. The fourth-order valence-corrected chi connectivity index (χ4v) is 1.81. The Labute approximate surface area is 95.9 Å². The maximum absolute atomic E-state index is 11.8. The highest BCUT2D eigenvalue weighted by atomic mass is 16.2. The molecule has 1 rings (SSSR count). The third kappa shape index (κ3) is 2.90. The van der Waals surface area contributed by atoms with Gasteiger partial charge in [-0.15, -0.1) is 0 Å². The first-order valence-electron chi connectivity index (χ1n) is 5.34. The van der Waals surface area contributed by atoms with Gasteiger partial charge in [-0.25, -0.2) is 0 Å². The van der Waals surface area contributed by atoms with Crippen molar-refractivity contribution in [3.63, 3.8) is 0 Å². The summed E-state index contributed by atoms with van der Waals surface area (Å²) >= 11 is 0. The van der Waals surface area contributed by atoms with Crippen molar-refractivity contribution in [3.05, 3.63) is 12.2 Å². The van der Waals surface area contributed by atoms with Crippen LogP contribution in [0.15, 0.2) is 12.2 Å². The van der Waals surface area contributed by atoms with Crippen molar-refractivity contribution in [2.45, 2.75) is 25.4 Å². The summed E-state index contributed by atoms with van der Waals surface area (Å²) in [5, 5.41) is 5.44. The van der Waals surface area contributed by atoms with Crippen LogP contribution in [-0.4, -0.2) is 49.4 Å². The van der Waals surface area contributed by atoms with E-state index in [9.17, 15) is 9.59 Å². The van der Waals surface area contributed by atoms with Gasteiger partial charge in [0.05, 0.1) is 0 Å². The van der Waals surface area contributed by atoms with E-state index < -0.39 is 5.91 Å². The molecule has 2 atom stereocenters. The summed E-state index contributed by atoms with van der Waals surface area (Å²) in [6, 6.07) is -0.184. The second-order valence-electron chi connectivity index (χ2n) is 4.35. The van der Waals surface area contributed by atoms with E-state index in [1.807, 2.05) is 19.0 Å². The molecular weight excluding hydrogens is 206 g/mol. The molecule has 0 aromatic heterocycles. The van der Waals surface area contributed by atoms with E-state index in [1.54, 1.807) is 6.92 Å². The van der Waals surface area contributed by atoms with E-state index in [2.05, 4.69) is 17.2 Å². The van der Waals surface area contributed by atoms with Crippen LogP contribution in [0.2, 0.25) is 0 Å². The third-order valence-electron chi connectivity index (χ3n) is 2.76. The quantitative estimate of drug-likeness (QED) is 0.636. The second-order valence-corrected chi connectivity index (χ2v) is 4.35. The highest BCUT2D eigenvalue weighted by molar-refractivity contribution is 6.05. The second kappa shape index (κ2) is 5.23. The summed E-state index contributed by atoms with van der Waals surface area (Å²) in [6.07, 6.45) is 0.909. The van der Waals surface area contributed by atoms with Crippen molar-refractivity contribution in [1.82, 2.24) is 15.5 Å². The third-order valence-corrected chi connectivity index (χ3v) is 2.76. The van der Waals surface area contributed by atoms with Crippen LogP contribution in [0.5, 0.6) is 0 Å². The molecule has 16 heavy (non-hydrogen) atoms. The fraction of sp³-hybridized carbons (Fsp3) is 0.636. The minimum atomic E-state index is -0.406. The fourth-order valence-electron chi connectivity index (χ4n) is 1.81. The Morgan fingerprint density at radius 3 is 2.56 bits per heavy atom. The van der Waals surface area contributed by atoms with Crippen molar-refractivity contribution in [2.75, 3.05) is 20.6 Å². The van der Waals surface area contributed by atoms with Crippen LogP contribution in [-0.2, 0) is 9.59 Å². The highest BCUT2D eigenvalue weighted by Crippen LogP contribution is 2.12. The first-order valence-corrected chi connectivity index (χ1v) is 5.34. The molecule has 1 aliphatic rings. The van der Waals surface area contributed by atoms with Crippen molar-refractivity contribution in [2.24, 2.45) is 0 Å². The van der Waals surface area contributed by atoms with Gasteiger partial charge in [0.1, 0.15) is 6.04 Å². The molecular formula is C11H19N3O2. The predicted octanol–water partition coefficient (Wildman–Crippen LogP) is -0.503. The summed E-state index contributed by atoms with van der Waals surface area (Å²) < 4.78 is 0. The van der Waals surface area contributed by atoms with Gasteiger partial charge in [0.25, 0.3) is 5.91 Å². The summed E-state index contributed by atoms with van der Waals surface area (Å²) in [5.41, 5.74) is 0.341. The smallest absolute Gasteiger partial charge is 0.252 e. The summed E-state index contributed by atoms with van der Waals surface area (Å²) in [6.45, 7) is 5.87. The zero-order chi connectivity index (χ0) is 12.3. The molecule has 5 nitrogen and oxygen atoms in total. The molecule has 2 amide bonds. The number of rotatable bonds is 3. The number of hydrogen-bond donors (Lipinski definition) is 2. The number of nitrogens with zero attached hydrogens (tertiary/aromatic N) is 1. The molecule has 5 heteroatoms. The van der Waals surface area contributed by atoms with Gasteiger partial charge in [0.15, 0.2) is 0 Å². The topological polar surface area (TPSA) is 61.4 Å². The van der Waals surface area contributed by atoms with Gasteiger partial charge in [-0.3, -0.25) is 14.9 Å². The maximum atomic E-state index is 11.8. The molecule has 0 saturated carbocycles. The Bertz CT molecular complexity index is 312. The lowest BCUT2D eigenvalue weighted by molar-refractivity contribution is -0.130. The maximum Gasteiger partial charge on any atom is 0.252 e. The average Bonchev–Trinajstić information content (AvgIpc) is 2.65. The Morgan fingerprint density at radius 1 is 1.44 bits per heavy atom. The lowest BCUT2D eigenvalue weighted by Crippen LogP contribution is -2.51. The summed E-state index contributed by atoms with van der Waals surface area (Å²) in [7, 11) is 3.86. The molecule has 0 aliphatic carbocycles. The van der Waals surface area contributed by atoms with E-state index in [4.69, 9.17) is 0 Å². The van der Waals surface area contributed by atoms with E-state index in [0.717, 1.165) is 13.0 Å². The van der Waals surface area contributed by atoms with Crippen LogP contribution in [0.1, 0.15) is 13.3 Å². The Kier molecular flexibility index (Phi) is 4.20. The first-order chi connectivity index (χ1) is 7.43. The number of imide groups is 1. The molecule has 90 valence electrons. The van der Waals surface area contributed by atoms with Crippen LogP contribution < -0.4 is 10.6 Å². The van der Waals surface area contributed by atoms with Crippen LogP contribution in [0.4, 0.5) is 0 Å². The van der Waals surface area contributed by atoms with E-state index >= 15 is 0 Å². The molecule has 1 heterocycles. The number of carbonyl (C=O) groups excluding carboxylic acids is 2. The van der Waals surface area contributed by atoms with Crippen molar-refractivity contribution in [3.8, 4) is 0 Å². The van der Waals surface area contributed by atoms with Gasteiger partial charge in [-0.2, -0.15) is 0 Å². The van der Waals surface area contributed by atoms with Gasteiger partial charge in [-0.1, -0.05) is 6.58 Å². The SMILES string of the molecule is C=C(C)C(=O)NC(=O)C1NCCC1N(C)C. The largest absolute Gasteiger partial charge is 0.304 e. The van der Waals surface area contributed by atoms with Gasteiger partial charge in [-0.05, 0) is 34.0 Å². The number of likely N-dealkylation sites (N-methyl/N-ethyl adjacent to an activating group) is 1. The van der Waals surface area contributed by atoms with Crippen molar-refractivity contribution < 1.29 is 9.59 Å². The first kappa shape index (κ1) is 12.9. The lowest BCUT2D eigenvalue weighted by atomic mass is 10.1. The summed E-state index contributed by atoms with van der Waals surface area (Å²) in [5.74, 6) is -0.680. The lowest BCUT2D eigenvalue weighted by Gasteiger charge is -2.24. The molecule has 0 radical (unpaired) electrons. The molecule has 1 fully saturated rings. The van der Waals surface area contributed by atoms with Crippen LogP contribution in [0.25, 0.3) is 0 Å².